The van der Waals surface area contributed by atoms with Crippen LogP contribution in [-0.2, 0) is 7.05 Å². The summed E-state index contributed by atoms with van der Waals surface area (Å²) in [5.74, 6) is 3.12. The van der Waals surface area contributed by atoms with E-state index in [0.717, 1.165) is 47.8 Å². The minimum absolute atomic E-state index is 0.738. The molecular weight excluding hydrogens is 302 g/mol. The maximum absolute atomic E-state index is 5.61. The number of rotatable bonds is 3. The molecule has 124 valence electrons. The van der Waals surface area contributed by atoms with Gasteiger partial charge in [-0.1, -0.05) is 6.92 Å². The molecule has 0 atom stereocenters. The second kappa shape index (κ2) is 6.11. The average molecular weight is 323 g/mol. The molecule has 1 saturated heterocycles. The van der Waals surface area contributed by atoms with E-state index >= 15 is 0 Å². The van der Waals surface area contributed by atoms with Crippen LogP contribution in [0.3, 0.4) is 0 Å². The third-order valence-corrected chi connectivity index (χ3v) is 4.66. The lowest BCUT2D eigenvalue weighted by Crippen LogP contribution is -2.34. The Hall–Kier alpha value is -2.63. The molecule has 1 aliphatic heterocycles. The lowest BCUT2D eigenvalue weighted by Gasteiger charge is -2.30. The molecular formula is C18H21N5O. The number of nitrogens with zero attached hydrogens (tertiary/aromatic N) is 5. The number of aryl methyl sites for hydroxylation is 1. The van der Waals surface area contributed by atoms with Crippen LogP contribution in [-0.4, -0.2) is 32.6 Å². The van der Waals surface area contributed by atoms with E-state index in [-0.39, 0.29) is 0 Å². The Morgan fingerprint density at radius 3 is 2.71 bits per heavy atom. The molecule has 0 aliphatic carbocycles. The van der Waals surface area contributed by atoms with Crippen molar-refractivity contribution in [3.63, 3.8) is 0 Å². The van der Waals surface area contributed by atoms with E-state index in [1.54, 1.807) is 12.5 Å². The minimum Gasteiger partial charge on any atom is -0.463 e. The predicted octanol–water partition coefficient (Wildman–Crippen LogP) is 3.37. The average Bonchev–Trinajstić information content (AvgIpc) is 3.27. The molecule has 0 saturated carbocycles. The van der Waals surface area contributed by atoms with Gasteiger partial charge in [-0.05, 0) is 30.9 Å². The Morgan fingerprint density at radius 2 is 2.04 bits per heavy atom. The van der Waals surface area contributed by atoms with Gasteiger partial charge in [0.05, 0.1) is 11.8 Å². The molecule has 0 spiro atoms. The van der Waals surface area contributed by atoms with Crippen molar-refractivity contribution in [2.75, 3.05) is 18.0 Å². The van der Waals surface area contributed by atoms with Crippen molar-refractivity contribution in [1.29, 1.82) is 0 Å². The highest BCUT2D eigenvalue weighted by Gasteiger charge is 2.22. The largest absolute Gasteiger partial charge is 0.463 e. The van der Waals surface area contributed by atoms with Crippen molar-refractivity contribution in [3.8, 4) is 22.8 Å². The second-order valence-corrected chi connectivity index (χ2v) is 6.44. The minimum atomic E-state index is 0.738. The zero-order valence-corrected chi connectivity index (χ0v) is 14.0. The van der Waals surface area contributed by atoms with Crippen LogP contribution in [0.4, 0.5) is 5.95 Å². The molecule has 6 heteroatoms. The Balaban J connectivity index is 1.77. The molecule has 1 aliphatic rings. The number of imidazole rings is 1. The van der Waals surface area contributed by atoms with Gasteiger partial charge in [0.1, 0.15) is 11.5 Å². The zero-order chi connectivity index (χ0) is 16.5. The summed E-state index contributed by atoms with van der Waals surface area (Å²) in [6.07, 6.45) is 9.59. The number of aromatic nitrogens is 4. The Labute approximate surface area is 141 Å². The lowest BCUT2D eigenvalue weighted by molar-refractivity contribution is 0.434. The van der Waals surface area contributed by atoms with E-state index in [0.29, 0.717) is 0 Å². The van der Waals surface area contributed by atoms with E-state index in [9.17, 15) is 0 Å². The molecule has 0 radical (unpaired) electrons. The summed E-state index contributed by atoms with van der Waals surface area (Å²) in [4.78, 5) is 16.1. The SMILES string of the molecule is CC1CCN(c2ncc(-c3nccn3C)c(-c3ccco3)n2)CC1. The normalized spacial score (nSPS) is 15.8. The Bertz CT molecular complexity index is 816. The second-order valence-electron chi connectivity index (χ2n) is 6.44. The van der Waals surface area contributed by atoms with Crippen LogP contribution in [0.25, 0.3) is 22.8 Å². The van der Waals surface area contributed by atoms with Crippen LogP contribution >= 0.6 is 0 Å². The summed E-state index contributed by atoms with van der Waals surface area (Å²) in [7, 11) is 1.97. The molecule has 1 fully saturated rings. The number of anilines is 1. The fourth-order valence-corrected chi connectivity index (χ4v) is 3.12. The van der Waals surface area contributed by atoms with E-state index in [4.69, 9.17) is 9.40 Å². The molecule has 0 amide bonds. The van der Waals surface area contributed by atoms with Gasteiger partial charge in [0, 0.05) is 38.7 Å². The van der Waals surface area contributed by atoms with E-state index in [2.05, 4.69) is 21.8 Å². The van der Waals surface area contributed by atoms with Crippen LogP contribution < -0.4 is 4.90 Å². The van der Waals surface area contributed by atoms with E-state index in [1.807, 2.05) is 36.1 Å². The maximum Gasteiger partial charge on any atom is 0.226 e. The Morgan fingerprint density at radius 1 is 1.21 bits per heavy atom. The molecule has 0 N–H and O–H groups in total. The standard InChI is InChI=1S/C18H21N5O/c1-13-5-8-23(9-6-13)18-20-12-14(17-19-7-10-22(17)2)16(21-18)15-4-3-11-24-15/h3-4,7,10-13H,5-6,8-9H2,1-2H3. The molecule has 4 heterocycles. The summed E-state index contributed by atoms with van der Waals surface area (Å²) < 4.78 is 7.58. The van der Waals surface area contributed by atoms with Gasteiger partial charge in [0.2, 0.25) is 5.95 Å². The van der Waals surface area contributed by atoms with Crippen molar-refractivity contribution >= 4 is 5.95 Å². The molecule has 6 nitrogen and oxygen atoms in total. The van der Waals surface area contributed by atoms with Gasteiger partial charge in [-0.2, -0.15) is 0 Å². The molecule has 3 aromatic heterocycles. The summed E-state index contributed by atoms with van der Waals surface area (Å²) in [5, 5.41) is 0. The summed E-state index contributed by atoms with van der Waals surface area (Å²) >= 11 is 0. The highest BCUT2D eigenvalue weighted by atomic mass is 16.3. The fourth-order valence-electron chi connectivity index (χ4n) is 3.12. The topological polar surface area (TPSA) is 60.0 Å². The molecule has 0 unspecified atom stereocenters. The third-order valence-electron chi connectivity index (χ3n) is 4.66. The fraction of sp³-hybridized carbons (Fsp3) is 0.389. The number of hydrogen-bond acceptors (Lipinski definition) is 5. The van der Waals surface area contributed by atoms with Gasteiger partial charge >= 0.3 is 0 Å². The lowest BCUT2D eigenvalue weighted by atomic mass is 10.00. The van der Waals surface area contributed by atoms with Crippen LogP contribution in [0.1, 0.15) is 19.8 Å². The van der Waals surface area contributed by atoms with Crippen LogP contribution in [0.2, 0.25) is 0 Å². The summed E-state index contributed by atoms with van der Waals surface area (Å²) in [5.41, 5.74) is 1.67. The van der Waals surface area contributed by atoms with Gasteiger partial charge < -0.3 is 13.9 Å². The van der Waals surface area contributed by atoms with Crippen molar-refractivity contribution in [2.24, 2.45) is 13.0 Å². The van der Waals surface area contributed by atoms with E-state index < -0.39 is 0 Å². The van der Waals surface area contributed by atoms with E-state index in [1.165, 1.54) is 12.8 Å². The number of piperidine rings is 1. The highest BCUT2D eigenvalue weighted by Crippen LogP contribution is 2.31. The smallest absolute Gasteiger partial charge is 0.226 e. The zero-order valence-electron chi connectivity index (χ0n) is 14.0. The van der Waals surface area contributed by atoms with Gasteiger partial charge in [-0.15, -0.1) is 0 Å². The first-order valence-corrected chi connectivity index (χ1v) is 8.36. The van der Waals surface area contributed by atoms with Crippen molar-refractivity contribution in [1.82, 2.24) is 19.5 Å². The molecule has 0 bridgehead atoms. The van der Waals surface area contributed by atoms with Crippen LogP contribution in [0, 0.1) is 5.92 Å². The highest BCUT2D eigenvalue weighted by molar-refractivity contribution is 5.75. The molecule has 0 aromatic carbocycles. The maximum atomic E-state index is 5.61. The first-order chi connectivity index (χ1) is 11.7. The van der Waals surface area contributed by atoms with Gasteiger partial charge in [0.15, 0.2) is 5.76 Å². The van der Waals surface area contributed by atoms with Crippen LogP contribution in [0.5, 0.6) is 0 Å². The molecule has 4 rings (SSSR count). The Kier molecular flexibility index (Phi) is 3.80. The van der Waals surface area contributed by atoms with Gasteiger partial charge in [0.25, 0.3) is 0 Å². The van der Waals surface area contributed by atoms with Gasteiger partial charge in [-0.3, -0.25) is 0 Å². The summed E-state index contributed by atoms with van der Waals surface area (Å²) in [6.45, 7) is 4.30. The quantitative estimate of drug-likeness (QED) is 0.739. The van der Waals surface area contributed by atoms with Gasteiger partial charge in [-0.25, -0.2) is 15.0 Å². The molecule has 3 aromatic rings. The third kappa shape index (κ3) is 2.68. The first-order valence-electron chi connectivity index (χ1n) is 8.36. The monoisotopic (exact) mass is 323 g/mol. The number of furan rings is 1. The van der Waals surface area contributed by atoms with Crippen molar-refractivity contribution in [3.05, 3.63) is 37.0 Å². The van der Waals surface area contributed by atoms with Crippen molar-refractivity contribution < 1.29 is 4.42 Å². The first kappa shape index (κ1) is 14.9. The summed E-state index contributed by atoms with van der Waals surface area (Å²) in [6, 6.07) is 3.80. The van der Waals surface area contributed by atoms with Crippen molar-refractivity contribution in [2.45, 2.75) is 19.8 Å². The molecule has 24 heavy (non-hydrogen) atoms. The van der Waals surface area contributed by atoms with Crippen LogP contribution in [0.15, 0.2) is 41.4 Å². The predicted molar refractivity (Wildman–Crippen MR) is 92.5 cm³/mol. The number of hydrogen-bond donors (Lipinski definition) is 0.